The normalized spacial score (nSPS) is 17.3. The highest BCUT2D eigenvalue weighted by Crippen LogP contribution is 2.11. The molecule has 0 heterocycles. The summed E-state index contributed by atoms with van der Waals surface area (Å²) in [6.45, 7) is 4.11. The molecule has 0 fully saturated rings. The molecule has 0 saturated carbocycles. The van der Waals surface area contributed by atoms with Crippen molar-refractivity contribution in [2.75, 3.05) is 6.54 Å². The summed E-state index contributed by atoms with van der Waals surface area (Å²) >= 11 is 0. The minimum absolute atomic E-state index is 0.445. The molecule has 0 spiro atoms. The molecule has 1 atom stereocenters. The predicted octanol–water partition coefficient (Wildman–Crippen LogP) is 0.516. The topological polar surface area (TPSA) is 52.5 Å². The molecule has 1 unspecified atom stereocenters. The van der Waals surface area contributed by atoms with Crippen molar-refractivity contribution in [2.24, 2.45) is 0 Å². The number of nitrogens with one attached hydrogen (secondary N) is 1. The molecule has 0 saturated heterocycles. The third-order valence-corrected chi connectivity index (χ3v) is 1.54. The minimum Gasteiger partial charge on any atom is -0.390 e. The zero-order chi connectivity index (χ0) is 7.33. The Kier molecular flexibility index (Phi) is 3.77. The summed E-state index contributed by atoms with van der Waals surface area (Å²) in [5.74, 6) is 0. The fraction of sp³-hybridized carbons (Fsp3) is 1.00. The van der Waals surface area contributed by atoms with Crippen molar-refractivity contribution in [2.45, 2.75) is 32.3 Å². The Bertz CT molecular complexity index is 73.5. The van der Waals surface area contributed by atoms with Crippen LogP contribution in [-0.2, 0) is 0 Å². The first-order chi connectivity index (χ1) is 4.12. The van der Waals surface area contributed by atoms with E-state index < -0.39 is 5.60 Å². The molecule has 9 heavy (non-hydrogen) atoms. The Labute approximate surface area is 55.7 Å². The average molecular weight is 133 g/mol. The van der Waals surface area contributed by atoms with Gasteiger partial charge in [0.15, 0.2) is 0 Å². The Morgan fingerprint density at radius 1 is 1.56 bits per heavy atom. The van der Waals surface area contributed by atoms with Crippen LogP contribution < -0.4 is 5.48 Å². The highest BCUT2D eigenvalue weighted by molar-refractivity contribution is 4.69. The van der Waals surface area contributed by atoms with Crippen molar-refractivity contribution in [3.05, 3.63) is 0 Å². The molecular weight excluding hydrogens is 118 g/mol. The zero-order valence-electron chi connectivity index (χ0n) is 6.02. The van der Waals surface area contributed by atoms with Crippen LogP contribution in [0.3, 0.4) is 0 Å². The molecule has 3 heteroatoms. The molecule has 3 nitrogen and oxygen atoms in total. The van der Waals surface area contributed by atoms with Gasteiger partial charge in [-0.25, -0.2) is 5.48 Å². The van der Waals surface area contributed by atoms with E-state index in [1.54, 1.807) is 6.92 Å². The van der Waals surface area contributed by atoms with Crippen molar-refractivity contribution in [3.8, 4) is 0 Å². The molecule has 0 aliphatic heterocycles. The maximum absolute atomic E-state index is 9.30. The lowest BCUT2D eigenvalue weighted by molar-refractivity contribution is 0.0339. The number of hydrogen-bond acceptors (Lipinski definition) is 3. The summed E-state index contributed by atoms with van der Waals surface area (Å²) in [5, 5.41) is 17.5. The highest BCUT2D eigenvalue weighted by atomic mass is 16.5. The lowest BCUT2D eigenvalue weighted by Gasteiger charge is -2.19. The van der Waals surface area contributed by atoms with Crippen LogP contribution in [0.4, 0.5) is 0 Å². The largest absolute Gasteiger partial charge is 0.390 e. The van der Waals surface area contributed by atoms with E-state index in [4.69, 9.17) is 5.21 Å². The zero-order valence-corrected chi connectivity index (χ0v) is 6.02. The summed E-state index contributed by atoms with van der Waals surface area (Å²) in [6.07, 6.45) is 1.30. The van der Waals surface area contributed by atoms with Gasteiger partial charge < -0.3 is 10.3 Å². The van der Waals surface area contributed by atoms with Crippen LogP contribution in [0.25, 0.3) is 0 Å². The fourth-order valence-corrected chi connectivity index (χ4v) is 0.502. The first-order valence-corrected chi connectivity index (χ1v) is 3.21. The van der Waals surface area contributed by atoms with Crippen LogP contribution in [-0.4, -0.2) is 22.5 Å². The van der Waals surface area contributed by atoms with Crippen LogP contribution in [0.5, 0.6) is 0 Å². The molecule has 0 radical (unpaired) electrons. The molecule has 0 aliphatic carbocycles. The van der Waals surface area contributed by atoms with Gasteiger partial charge >= 0.3 is 0 Å². The lowest BCUT2D eigenvalue weighted by atomic mass is 10.00. The van der Waals surface area contributed by atoms with E-state index in [2.05, 4.69) is 0 Å². The summed E-state index contributed by atoms with van der Waals surface area (Å²) in [5.41, 5.74) is 1.37. The van der Waals surface area contributed by atoms with Crippen molar-refractivity contribution in [1.82, 2.24) is 5.48 Å². The van der Waals surface area contributed by atoms with Gasteiger partial charge in [0.25, 0.3) is 0 Å². The van der Waals surface area contributed by atoms with Gasteiger partial charge in [0.05, 0.1) is 5.60 Å². The third-order valence-electron chi connectivity index (χ3n) is 1.54. The number of hydrogen-bond donors (Lipinski definition) is 3. The van der Waals surface area contributed by atoms with Crippen molar-refractivity contribution >= 4 is 0 Å². The van der Waals surface area contributed by atoms with E-state index in [9.17, 15) is 5.11 Å². The van der Waals surface area contributed by atoms with Gasteiger partial charge in [-0.3, -0.25) is 0 Å². The van der Waals surface area contributed by atoms with Crippen LogP contribution >= 0.6 is 0 Å². The molecule has 0 rings (SSSR count). The average Bonchev–Trinajstić information content (AvgIpc) is 1.84. The van der Waals surface area contributed by atoms with Gasteiger partial charge in [0, 0.05) is 6.54 Å². The van der Waals surface area contributed by atoms with E-state index in [1.165, 1.54) is 0 Å². The molecule has 0 aromatic carbocycles. The summed E-state index contributed by atoms with van der Waals surface area (Å²) in [6, 6.07) is 0. The van der Waals surface area contributed by atoms with Gasteiger partial charge in [-0.1, -0.05) is 6.92 Å². The third kappa shape index (κ3) is 4.39. The van der Waals surface area contributed by atoms with Gasteiger partial charge in [0.2, 0.25) is 0 Å². The molecular formula is C6H15NO2. The second-order valence-electron chi connectivity index (χ2n) is 2.51. The van der Waals surface area contributed by atoms with E-state index in [-0.39, 0.29) is 0 Å². The standard InChI is InChI=1S/C6H15NO2/c1-3-6(2,8)4-5-7-9/h7-9H,3-5H2,1-2H3. The van der Waals surface area contributed by atoms with Crippen molar-refractivity contribution < 1.29 is 10.3 Å². The smallest absolute Gasteiger partial charge is 0.0630 e. The Balaban J connectivity index is 3.33. The van der Waals surface area contributed by atoms with Gasteiger partial charge in [-0.15, -0.1) is 0 Å². The highest BCUT2D eigenvalue weighted by Gasteiger charge is 2.15. The Hall–Kier alpha value is -0.120. The second kappa shape index (κ2) is 3.82. The summed E-state index contributed by atoms with van der Waals surface area (Å²) in [4.78, 5) is 0. The van der Waals surface area contributed by atoms with Crippen LogP contribution in [0, 0.1) is 0 Å². The Morgan fingerprint density at radius 3 is 2.44 bits per heavy atom. The monoisotopic (exact) mass is 133 g/mol. The Morgan fingerprint density at radius 2 is 2.11 bits per heavy atom. The summed E-state index contributed by atoms with van der Waals surface area (Å²) in [7, 11) is 0. The maximum atomic E-state index is 9.30. The van der Waals surface area contributed by atoms with E-state index in [0.29, 0.717) is 19.4 Å². The molecule has 0 amide bonds. The SMILES string of the molecule is CCC(C)(O)CCNO. The first-order valence-electron chi connectivity index (χ1n) is 3.21. The number of aliphatic hydroxyl groups is 1. The summed E-state index contributed by atoms with van der Waals surface area (Å²) < 4.78 is 0. The van der Waals surface area contributed by atoms with Crippen molar-refractivity contribution in [1.29, 1.82) is 0 Å². The van der Waals surface area contributed by atoms with Crippen LogP contribution in [0.2, 0.25) is 0 Å². The predicted molar refractivity (Wildman–Crippen MR) is 35.3 cm³/mol. The van der Waals surface area contributed by atoms with Crippen LogP contribution in [0.1, 0.15) is 26.7 Å². The quantitative estimate of drug-likeness (QED) is 0.490. The van der Waals surface area contributed by atoms with Gasteiger partial charge in [-0.05, 0) is 19.8 Å². The molecule has 0 aromatic heterocycles. The molecule has 56 valence electrons. The van der Waals surface area contributed by atoms with Gasteiger partial charge in [0.1, 0.15) is 0 Å². The fourth-order valence-electron chi connectivity index (χ4n) is 0.502. The maximum Gasteiger partial charge on any atom is 0.0630 e. The first kappa shape index (κ1) is 8.88. The number of hydroxylamine groups is 1. The van der Waals surface area contributed by atoms with E-state index in [0.717, 1.165) is 0 Å². The minimum atomic E-state index is -0.629. The molecule has 0 bridgehead atoms. The molecule has 0 aliphatic rings. The van der Waals surface area contributed by atoms with Gasteiger partial charge in [-0.2, -0.15) is 0 Å². The molecule has 3 N–H and O–H groups in total. The number of rotatable bonds is 4. The second-order valence-corrected chi connectivity index (χ2v) is 2.51. The molecule has 0 aromatic rings. The lowest BCUT2D eigenvalue weighted by Crippen LogP contribution is -2.27. The van der Waals surface area contributed by atoms with E-state index in [1.807, 2.05) is 12.4 Å². The van der Waals surface area contributed by atoms with Crippen molar-refractivity contribution in [3.63, 3.8) is 0 Å². The van der Waals surface area contributed by atoms with E-state index >= 15 is 0 Å². The van der Waals surface area contributed by atoms with Crippen LogP contribution in [0.15, 0.2) is 0 Å².